The Bertz CT molecular complexity index is 989. The van der Waals surface area contributed by atoms with Gasteiger partial charge >= 0.3 is 0 Å². The van der Waals surface area contributed by atoms with Crippen LogP contribution in [0.25, 0.3) is 10.9 Å². The van der Waals surface area contributed by atoms with E-state index in [2.05, 4.69) is 31.2 Å². The minimum Gasteiger partial charge on any atom is -0.367 e. The molecule has 2 heterocycles. The number of fused-ring (bicyclic) bond motifs is 1. The number of hydrogen-bond acceptors (Lipinski definition) is 4. The van der Waals surface area contributed by atoms with E-state index in [0.717, 1.165) is 34.0 Å². The van der Waals surface area contributed by atoms with Crippen LogP contribution in [-0.2, 0) is 0 Å². The van der Waals surface area contributed by atoms with E-state index < -0.39 is 5.82 Å². The van der Waals surface area contributed by atoms with Crippen molar-refractivity contribution in [2.75, 3.05) is 18.4 Å². The van der Waals surface area contributed by atoms with Crippen LogP contribution < -0.4 is 5.32 Å². The Hall–Kier alpha value is -2.54. The fourth-order valence-corrected chi connectivity index (χ4v) is 3.73. The molecule has 0 aliphatic carbocycles. The van der Waals surface area contributed by atoms with Crippen molar-refractivity contribution >= 4 is 38.6 Å². The number of rotatable bonds is 3. The van der Waals surface area contributed by atoms with Gasteiger partial charge in [0.15, 0.2) is 0 Å². The van der Waals surface area contributed by atoms with E-state index >= 15 is 0 Å². The monoisotopic (exact) mass is 428 g/mol. The number of halogens is 2. The van der Waals surface area contributed by atoms with Crippen LogP contribution >= 0.6 is 15.9 Å². The van der Waals surface area contributed by atoms with Gasteiger partial charge in [0.2, 0.25) is 0 Å². The molecule has 0 bridgehead atoms. The predicted molar refractivity (Wildman–Crippen MR) is 106 cm³/mol. The maximum atomic E-state index is 13.9. The first-order valence-electron chi connectivity index (χ1n) is 8.82. The van der Waals surface area contributed by atoms with Crippen LogP contribution in [0.2, 0.25) is 0 Å². The third-order valence-electron chi connectivity index (χ3n) is 4.82. The van der Waals surface area contributed by atoms with Crippen LogP contribution in [0.3, 0.4) is 0 Å². The van der Waals surface area contributed by atoms with Gasteiger partial charge in [-0.2, -0.15) is 0 Å². The number of benzene rings is 2. The second kappa shape index (κ2) is 7.60. The van der Waals surface area contributed by atoms with Gasteiger partial charge in [0.25, 0.3) is 5.91 Å². The molecule has 1 saturated heterocycles. The lowest BCUT2D eigenvalue weighted by molar-refractivity contribution is 0.0713. The van der Waals surface area contributed by atoms with E-state index in [4.69, 9.17) is 0 Å². The summed E-state index contributed by atoms with van der Waals surface area (Å²) in [4.78, 5) is 22.9. The molecule has 1 aliphatic heterocycles. The number of nitrogens with one attached hydrogen (secondary N) is 1. The number of nitrogens with zero attached hydrogens (tertiary/aromatic N) is 3. The van der Waals surface area contributed by atoms with Crippen LogP contribution in [0.15, 0.2) is 53.3 Å². The summed E-state index contributed by atoms with van der Waals surface area (Å²) in [5, 5.41) is 4.43. The van der Waals surface area contributed by atoms with E-state index in [1.807, 2.05) is 18.2 Å². The first-order chi connectivity index (χ1) is 13.1. The Balaban J connectivity index is 1.44. The molecule has 27 heavy (non-hydrogen) atoms. The van der Waals surface area contributed by atoms with Crippen molar-refractivity contribution in [1.82, 2.24) is 14.9 Å². The molecular weight excluding hydrogens is 411 g/mol. The Morgan fingerprint density at radius 1 is 1.15 bits per heavy atom. The van der Waals surface area contributed by atoms with E-state index in [-0.39, 0.29) is 17.5 Å². The number of carbonyl (C=O) groups excluding carboxylic acids is 1. The van der Waals surface area contributed by atoms with Gasteiger partial charge in [-0.25, -0.2) is 14.4 Å². The van der Waals surface area contributed by atoms with E-state index in [0.29, 0.717) is 13.1 Å². The largest absolute Gasteiger partial charge is 0.367 e. The quantitative estimate of drug-likeness (QED) is 0.677. The first kappa shape index (κ1) is 17.9. The minimum atomic E-state index is -0.471. The molecule has 0 saturated carbocycles. The molecule has 1 aliphatic rings. The first-order valence-corrected chi connectivity index (χ1v) is 9.62. The highest BCUT2D eigenvalue weighted by Crippen LogP contribution is 2.25. The topological polar surface area (TPSA) is 58.1 Å². The molecule has 0 unspecified atom stereocenters. The summed E-state index contributed by atoms with van der Waals surface area (Å²) in [5.74, 6) is 0.0731. The predicted octanol–water partition coefficient (Wildman–Crippen LogP) is 4.25. The molecule has 1 amide bonds. The highest BCUT2D eigenvalue weighted by Gasteiger charge is 2.25. The molecule has 138 valence electrons. The fourth-order valence-electron chi connectivity index (χ4n) is 3.37. The third kappa shape index (κ3) is 3.78. The van der Waals surface area contributed by atoms with Gasteiger partial charge in [-0.3, -0.25) is 4.79 Å². The van der Waals surface area contributed by atoms with Gasteiger partial charge in [-0.1, -0.05) is 28.1 Å². The number of anilines is 1. The summed E-state index contributed by atoms with van der Waals surface area (Å²) < 4.78 is 14.8. The summed E-state index contributed by atoms with van der Waals surface area (Å²) in [5.41, 5.74) is 1.01. The van der Waals surface area contributed by atoms with Crippen molar-refractivity contribution in [3.05, 3.63) is 64.6 Å². The zero-order chi connectivity index (χ0) is 18.8. The molecular formula is C20H18BrFN4O. The Labute approximate surface area is 164 Å². The SMILES string of the molecule is O=C(c1ccccc1F)N1CCC(Nc2ncnc3ccc(Br)cc23)CC1. The molecule has 2 aromatic carbocycles. The molecule has 7 heteroatoms. The van der Waals surface area contributed by atoms with E-state index in [1.54, 1.807) is 23.4 Å². The Morgan fingerprint density at radius 3 is 2.70 bits per heavy atom. The Kier molecular flexibility index (Phi) is 5.03. The van der Waals surface area contributed by atoms with Crippen molar-refractivity contribution < 1.29 is 9.18 Å². The average molecular weight is 429 g/mol. The summed E-state index contributed by atoms with van der Waals surface area (Å²) >= 11 is 3.49. The normalized spacial score (nSPS) is 15.1. The van der Waals surface area contributed by atoms with E-state index in [1.165, 1.54) is 12.1 Å². The maximum absolute atomic E-state index is 13.9. The van der Waals surface area contributed by atoms with Crippen LogP contribution in [-0.4, -0.2) is 39.9 Å². The molecule has 4 rings (SSSR count). The van der Waals surface area contributed by atoms with Crippen LogP contribution in [0.1, 0.15) is 23.2 Å². The smallest absolute Gasteiger partial charge is 0.256 e. The van der Waals surface area contributed by atoms with E-state index in [9.17, 15) is 9.18 Å². The summed E-state index contributed by atoms with van der Waals surface area (Å²) in [6, 6.07) is 12.2. The zero-order valence-corrected chi connectivity index (χ0v) is 16.1. The molecule has 1 N–H and O–H groups in total. The standard InChI is InChI=1S/C20H18BrFN4O/c21-13-5-6-18-16(11-13)19(24-12-23-18)25-14-7-9-26(10-8-14)20(27)15-3-1-2-4-17(15)22/h1-6,11-12,14H,7-10H2,(H,23,24,25). The summed E-state index contributed by atoms with van der Waals surface area (Å²) in [6.07, 6.45) is 3.11. The van der Waals surface area contributed by atoms with Crippen molar-refractivity contribution in [3.63, 3.8) is 0 Å². The number of piperidine rings is 1. The summed E-state index contributed by atoms with van der Waals surface area (Å²) in [6.45, 7) is 1.16. The number of amides is 1. The van der Waals surface area contributed by atoms with Crippen LogP contribution in [0, 0.1) is 5.82 Å². The lowest BCUT2D eigenvalue weighted by Gasteiger charge is -2.33. The number of likely N-dealkylation sites (tertiary alicyclic amines) is 1. The number of aromatic nitrogens is 2. The van der Waals surface area contributed by atoms with Gasteiger partial charge in [0, 0.05) is 29.0 Å². The zero-order valence-electron chi connectivity index (χ0n) is 14.5. The van der Waals surface area contributed by atoms with Crippen molar-refractivity contribution in [2.24, 2.45) is 0 Å². The third-order valence-corrected chi connectivity index (χ3v) is 5.32. The molecule has 0 spiro atoms. The van der Waals surface area contributed by atoms with Crippen molar-refractivity contribution in [3.8, 4) is 0 Å². The van der Waals surface area contributed by atoms with Gasteiger partial charge in [-0.05, 0) is 43.2 Å². The number of carbonyl (C=O) groups is 1. The lowest BCUT2D eigenvalue weighted by Crippen LogP contribution is -2.42. The number of hydrogen-bond donors (Lipinski definition) is 1. The molecule has 0 radical (unpaired) electrons. The van der Waals surface area contributed by atoms with Crippen molar-refractivity contribution in [2.45, 2.75) is 18.9 Å². The fraction of sp³-hybridized carbons (Fsp3) is 0.250. The van der Waals surface area contributed by atoms with Gasteiger partial charge in [0.1, 0.15) is 18.0 Å². The van der Waals surface area contributed by atoms with Crippen LogP contribution in [0.4, 0.5) is 10.2 Å². The minimum absolute atomic E-state index is 0.135. The summed E-state index contributed by atoms with van der Waals surface area (Å²) in [7, 11) is 0. The molecule has 1 fully saturated rings. The molecule has 3 aromatic rings. The second-order valence-corrected chi connectivity index (χ2v) is 7.49. The molecule has 0 atom stereocenters. The van der Waals surface area contributed by atoms with Gasteiger partial charge < -0.3 is 10.2 Å². The van der Waals surface area contributed by atoms with Gasteiger partial charge in [-0.15, -0.1) is 0 Å². The maximum Gasteiger partial charge on any atom is 0.256 e. The molecule has 1 aromatic heterocycles. The molecule has 5 nitrogen and oxygen atoms in total. The highest BCUT2D eigenvalue weighted by molar-refractivity contribution is 9.10. The lowest BCUT2D eigenvalue weighted by atomic mass is 10.0. The van der Waals surface area contributed by atoms with Crippen molar-refractivity contribution in [1.29, 1.82) is 0 Å². The highest BCUT2D eigenvalue weighted by atomic mass is 79.9. The van der Waals surface area contributed by atoms with Gasteiger partial charge in [0.05, 0.1) is 11.1 Å². The Morgan fingerprint density at radius 2 is 1.93 bits per heavy atom. The second-order valence-electron chi connectivity index (χ2n) is 6.57. The average Bonchev–Trinajstić information content (AvgIpc) is 2.69. The van der Waals surface area contributed by atoms with Crippen LogP contribution in [0.5, 0.6) is 0 Å².